The van der Waals surface area contributed by atoms with E-state index in [9.17, 15) is 4.79 Å². The molecule has 0 aromatic heterocycles. The Morgan fingerprint density at radius 1 is 0.550 bits per heavy atom. The largest absolute Gasteiger partial charge is 0.276 e. The molecule has 2 nitrogen and oxygen atoms in total. The maximum Gasteiger partial charge on any atom is 0.263 e. The average Bonchev–Trinajstić information content (AvgIpc) is 3.29. The number of carbonyl (C=O) groups is 1. The number of hydrogen-bond donors (Lipinski definition) is 0. The number of amides is 1. The van der Waals surface area contributed by atoms with Crippen LogP contribution in [0, 0.1) is 13.8 Å². The maximum absolute atomic E-state index is 14.5. The van der Waals surface area contributed by atoms with Gasteiger partial charge in [0.05, 0.1) is 11.3 Å². The highest BCUT2D eigenvalue weighted by atomic mass is 16.2. The molecular weight excluding hydrogens is 486 g/mol. The molecule has 0 fully saturated rings. The van der Waals surface area contributed by atoms with E-state index in [2.05, 4.69) is 105 Å². The fraction of sp³-hybridized carbons (Fsp3) is 0.0789. The van der Waals surface area contributed by atoms with Gasteiger partial charge >= 0.3 is 0 Å². The van der Waals surface area contributed by atoms with Gasteiger partial charge in [0.15, 0.2) is 0 Å². The Labute approximate surface area is 235 Å². The standard InChI is InChI=1S/C38H29NO/c1-25-16-20-28(21-17-25)34-31-14-9-15-33-36(31)37(38(40)39(33)30-12-7-4-8-13-30)32(24-27-10-5-3-6-11-27)35(34)29-22-18-26(2)19-23-29/h3-23H,24H2,1-2H3. The summed E-state index contributed by atoms with van der Waals surface area (Å²) in [4.78, 5) is 16.4. The molecule has 1 aliphatic heterocycles. The zero-order valence-electron chi connectivity index (χ0n) is 22.7. The van der Waals surface area contributed by atoms with Crippen LogP contribution in [-0.2, 0) is 6.42 Å². The minimum absolute atomic E-state index is 0.0344. The molecule has 0 saturated carbocycles. The van der Waals surface area contributed by atoms with Crippen molar-refractivity contribution in [2.45, 2.75) is 20.3 Å². The van der Waals surface area contributed by atoms with Crippen molar-refractivity contribution in [3.63, 3.8) is 0 Å². The highest BCUT2D eigenvalue weighted by Gasteiger charge is 2.36. The first-order valence-corrected chi connectivity index (χ1v) is 13.8. The van der Waals surface area contributed by atoms with Crippen molar-refractivity contribution in [1.82, 2.24) is 0 Å². The molecule has 0 radical (unpaired) electrons. The van der Waals surface area contributed by atoms with Crippen LogP contribution in [0.4, 0.5) is 11.4 Å². The summed E-state index contributed by atoms with van der Waals surface area (Å²) in [5.41, 5.74) is 11.9. The van der Waals surface area contributed by atoms with E-state index in [1.807, 2.05) is 41.3 Å². The smallest absolute Gasteiger partial charge is 0.263 e. The van der Waals surface area contributed by atoms with Gasteiger partial charge in [-0.15, -0.1) is 0 Å². The van der Waals surface area contributed by atoms with Crippen LogP contribution in [0.15, 0.2) is 127 Å². The van der Waals surface area contributed by atoms with Gasteiger partial charge in [0.25, 0.3) is 5.91 Å². The molecule has 0 bridgehead atoms. The Kier molecular flexibility index (Phi) is 5.82. The van der Waals surface area contributed by atoms with Gasteiger partial charge in [-0.25, -0.2) is 0 Å². The summed E-state index contributed by atoms with van der Waals surface area (Å²) >= 11 is 0. The van der Waals surface area contributed by atoms with Crippen molar-refractivity contribution < 1.29 is 4.79 Å². The van der Waals surface area contributed by atoms with Gasteiger partial charge in [0, 0.05) is 11.1 Å². The lowest BCUT2D eigenvalue weighted by Gasteiger charge is -2.21. The molecule has 0 atom stereocenters. The molecule has 1 heterocycles. The predicted octanol–water partition coefficient (Wildman–Crippen LogP) is 9.67. The van der Waals surface area contributed by atoms with Gasteiger partial charge in [0.2, 0.25) is 0 Å². The van der Waals surface area contributed by atoms with Crippen LogP contribution in [-0.4, -0.2) is 5.91 Å². The summed E-state index contributed by atoms with van der Waals surface area (Å²) in [6.45, 7) is 4.23. The summed E-state index contributed by atoms with van der Waals surface area (Å²) in [6.07, 6.45) is 0.664. The van der Waals surface area contributed by atoms with E-state index in [-0.39, 0.29) is 5.91 Å². The van der Waals surface area contributed by atoms with Crippen LogP contribution in [0.3, 0.4) is 0 Å². The quantitative estimate of drug-likeness (QED) is 0.224. The number of anilines is 2. The lowest BCUT2D eigenvalue weighted by molar-refractivity contribution is 0.100. The van der Waals surface area contributed by atoms with Gasteiger partial charge < -0.3 is 0 Å². The lowest BCUT2D eigenvalue weighted by Crippen LogP contribution is -2.22. The first-order valence-electron chi connectivity index (χ1n) is 13.8. The van der Waals surface area contributed by atoms with Crippen LogP contribution >= 0.6 is 0 Å². The molecule has 192 valence electrons. The molecule has 2 heteroatoms. The molecule has 1 aliphatic rings. The highest BCUT2D eigenvalue weighted by Crippen LogP contribution is 2.51. The maximum atomic E-state index is 14.5. The van der Waals surface area contributed by atoms with Gasteiger partial charge in [0.1, 0.15) is 0 Å². The normalized spacial score (nSPS) is 12.3. The zero-order valence-corrected chi connectivity index (χ0v) is 22.7. The second-order valence-corrected chi connectivity index (χ2v) is 10.7. The van der Waals surface area contributed by atoms with Gasteiger partial charge in [-0.1, -0.05) is 120 Å². The molecule has 0 unspecified atom stereocenters. The third kappa shape index (κ3) is 3.92. The van der Waals surface area contributed by atoms with E-state index >= 15 is 0 Å². The average molecular weight is 516 g/mol. The lowest BCUT2D eigenvalue weighted by atomic mass is 9.81. The second kappa shape index (κ2) is 9.66. The Morgan fingerprint density at radius 2 is 1.12 bits per heavy atom. The van der Waals surface area contributed by atoms with Crippen molar-refractivity contribution in [3.05, 3.63) is 155 Å². The molecule has 6 aromatic rings. The van der Waals surface area contributed by atoms with E-state index in [0.717, 1.165) is 50.0 Å². The SMILES string of the molecule is Cc1ccc(-c2c(Cc3ccccc3)c3c4c(cccc4c2-c2ccc(C)cc2)N(c2ccccc2)C3=O)cc1. The van der Waals surface area contributed by atoms with Crippen LogP contribution in [0.2, 0.25) is 0 Å². The summed E-state index contributed by atoms with van der Waals surface area (Å²) in [5, 5.41) is 2.14. The first kappa shape index (κ1) is 24.1. The van der Waals surface area contributed by atoms with E-state index in [4.69, 9.17) is 0 Å². The fourth-order valence-electron chi connectivity index (χ4n) is 6.09. The summed E-state index contributed by atoms with van der Waals surface area (Å²) in [6, 6.07) is 44.4. The summed E-state index contributed by atoms with van der Waals surface area (Å²) in [7, 11) is 0. The molecule has 7 rings (SSSR count). The summed E-state index contributed by atoms with van der Waals surface area (Å²) < 4.78 is 0. The summed E-state index contributed by atoms with van der Waals surface area (Å²) in [5.74, 6) is 0.0344. The highest BCUT2D eigenvalue weighted by molar-refractivity contribution is 6.31. The van der Waals surface area contributed by atoms with Crippen molar-refractivity contribution in [2.75, 3.05) is 4.90 Å². The van der Waals surface area contributed by atoms with E-state index < -0.39 is 0 Å². The number of rotatable bonds is 5. The molecule has 0 aliphatic carbocycles. The van der Waals surface area contributed by atoms with Crippen LogP contribution < -0.4 is 4.90 Å². The van der Waals surface area contributed by atoms with Crippen molar-refractivity contribution in [3.8, 4) is 22.3 Å². The Morgan fingerprint density at radius 3 is 1.75 bits per heavy atom. The molecule has 6 aromatic carbocycles. The Bertz CT molecular complexity index is 1870. The Hall–Kier alpha value is -4.95. The molecule has 40 heavy (non-hydrogen) atoms. The number of hydrogen-bond acceptors (Lipinski definition) is 1. The number of nitrogens with zero attached hydrogens (tertiary/aromatic N) is 1. The van der Waals surface area contributed by atoms with E-state index in [0.29, 0.717) is 6.42 Å². The number of benzene rings is 6. The van der Waals surface area contributed by atoms with Crippen molar-refractivity contribution in [1.29, 1.82) is 0 Å². The number of carbonyl (C=O) groups excluding carboxylic acids is 1. The molecule has 0 N–H and O–H groups in total. The molecule has 0 saturated heterocycles. The van der Waals surface area contributed by atoms with E-state index in [1.54, 1.807) is 0 Å². The number of para-hydroxylation sites is 1. The molecule has 0 spiro atoms. The minimum Gasteiger partial charge on any atom is -0.276 e. The van der Waals surface area contributed by atoms with Crippen molar-refractivity contribution in [2.24, 2.45) is 0 Å². The van der Waals surface area contributed by atoms with Gasteiger partial charge in [-0.3, -0.25) is 9.69 Å². The van der Waals surface area contributed by atoms with Crippen LogP contribution in [0.25, 0.3) is 33.0 Å². The molecular formula is C38H29NO. The Balaban J connectivity index is 1.64. The predicted molar refractivity (Wildman–Crippen MR) is 166 cm³/mol. The van der Waals surface area contributed by atoms with Crippen molar-refractivity contribution >= 4 is 28.1 Å². The minimum atomic E-state index is 0.0344. The molecule has 1 amide bonds. The second-order valence-electron chi connectivity index (χ2n) is 10.7. The van der Waals surface area contributed by atoms with Crippen LogP contribution in [0.1, 0.15) is 32.6 Å². The van der Waals surface area contributed by atoms with Gasteiger partial charge in [-0.2, -0.15) is 0 Å². The monoisotopic (exact) mass is 515 g/mol. The van der Waals surface area contributed by atoms with Gasteiger partial charge in [-0.05, 0) is 77.2 Å². The van der Waals surface area contributed by atoms with Crippen LogP contribution in [0.5, 0.6) is 0 Å². The number of aryl methyl sites for hydroxylation is 2. The topological polar surface area (TPSA) is 20.3 Å². The first-order chi connectivity index (χ1) is 19.6. The third-order valence-corrected chi connectivity index (χ3v) is 7.99. The third-order valence-electron chi connectivity index (χ3n) is 7.99. The van der Waals surface area contributed by atoms with E-state index in [1.165, 1.54) is 22.3 Å². The fourth-order valence-corrected chi connectivity index (χ4v) is 6.09. The zero-order chi connectivity index (χ0) is 27.2.